The lowest BCUT2D eigenvalue weighted by Gasteiger charge is -2.17. The van der Waals surface area contributed by atoms with Crippen molar-refractivity contribution in [2.24, 2.45) is 0 Å². The maximum absolute atomic E-state index is 12.5. The molecule has 0 radical (unpaired) electrons. The SMILES string of the molecule is COC(=O)c1ccc(CCC(=O)N2CCc3ccccc32)cc1. The molecule has 2 aromatic carbocycles. The van der Waals surface area contributed by atoms with Gasteiger partial charge in [0.15, 0.2) is 0 Å². The van der Waals surface area contributed by atoms with Crippen LogP contribution in [0.3, 0.4) is 0 Å². The lowest BCUT2D eigenvalue weighted by molar-refractivity contribution is -0.118. The fourth-order valence-electron chi connectivity index (χ4n) is 2.91. The second-order valence-corrected chi connectivity index (χ2v) is 5.61. The maximum Gasteiger partial charge on any atom is 0.337 e. The van der Waals surface area contributed by atoms with E-state index in [1.807, 2.05) is 35.2 Å². The molecule has 0 aliphatic carbocycles. The molecule has 0 bridgehead atoms. The highest BCUT2D eigenvalue weighted by Crippen LogP contribution is 2.28. The number of methoxy groups -OCH3 is 1. The van der Waals surface area contributed by atoms with Crippen molar-refractivity contribution in [1.29, 1.82) is 0 Å². The van der Waals surface area contributed by atoms with Crippen molar-refractivity contribution in [2.45, 2.75) is 19.3 Å². The minimum Gasteiger partial charge on any atom is -0.465 e. The average molecular weight is 309 g/mol. The minimum absolute atomic E-state index is 0.145. The van der Waals surface area contributed by atoms with Crippen molar-refractivity contribution in [1.82, 2.24) is 0 Å². The fraction of sp³-hybridized carbons (Fsp3) is 0.263. The summed E-state index contributed by atoms with van der Waals surface area (Å²) in [5, 5.41) is 0. The number of fused-ring (bicyclic) bond motifs is 1. The van der Waals surface area contributed by atoms with Crippen molar-refractivity contribution in [3.8, 4) is 0 Å². The van der Waals surface area contributed by atoms with Crippen LogP contribution in [0.25, 0.3) is 0 Å². The number of hydrogen-bond donors (Lipinski definition) is 0. The zero-order valence-electron chi connectivity index (χ0n) is 13.1. The van der Waals surface area contributed by atoms with E-state index in [1.54, 1.807) is 12.1 Å². The van der Waals surface area contributed by atoms with E-state index in [4.69, 9.17) is 0 Å². The molecule has 0 saturated heterocycles. The number of benzene rings is 2. The van der Waals surface area contributed by atoms with Crippen molar-refractivity contribution >= 4 is 17.6 Å². The Bertz CT molecular complexity index is 722. The molecule has 1 aliphatic heterocycles. The monoisotopic (exact) mass is 309 g/mol. The highest BCUT2D eigenvalue weighted by Gasteiger charge is 2.23. The summed E-state index contributed by atoms with van der Waals surface area (Å²) in [6, 6.07) is 15.3. The Morgan fingerprint density at radius 2 is 1.83 bits per heavy atom. The highest BCUT2D eigenvalue weighted by molar-refractivity contribution is 5.95. The van der Waals surface area contributed by atoms with Gasteiger partial charge < -0.3 is 9.64 Å². The smallest absolute Gasteiger partial charge is 0.337 e. The molecule has 0 fully saturated rings. The quantitative estimate of drug-likeness (QED) is 0.816. The zero-order chi connectivity index (χ0) is 16.2. The molecule has 3 rings (SSSR count). The molecule has 23 heavy (non-hydrogen) atoms. The summed E-state index contributed by atoms with van der Waals surface area (Å²) in [6.07, 6.45) is 2.06. The van der Waals surface area contributed by atoms with Gasteiger partial charge in [0.1, 0.15) is 0 Å². The van der Waals surface area contributed by atoms with Crippen LogP contribution in [0, 0.1) is 0 Å². The molecule has 4 nitrogen and oxygen atoms in total. The largest absolute Gasteiger partial charge is 0.465 e. The molecule has 1 aliphatic rings. The number of aryl methyl sites for hydroxylation is 1. The van der Waals surface area contributed by atoms with Crippen LogP contribution in [0.15, 0.2) is 48.5 Å². The second-order valence-electron chi connectivity index (χ2n) is 5.61. The third kappa shape index (κ3) is 3.26. The fourth-order valence-corrected chi connectivity index (χ4v) is 2.91. The lowest BCUT2D eigenvalue weighted by atomic mass is 10.1. The molecule has 2 aromatic rings. The lowest BCUT2D eigenvalue weighted by Crippen LogP contribution is -2.29. The Kier molecular flexibility index (Phi) is 4.42. The molecule has 0 unspecified atom stereocenters. The highest BCUT2D eigenvalue weighted by atomic mass is 16.5. The van der Waals surface area contributed by atoms with E-state index >= 15 is 0 Å². The standard InChI is InChI=1S/C19H19NO3/c1-23-19(22)16-9-6-14(7-10-16)8-11-18(21)20-13-12-15-4-2-3-5-17(15)20/h2-7,9-10H,8,11-13H2,1H3. The van der Waals surface area contributed by atoms with E-state index in [9.17, 15) is 9.59 Å². The summed E-state index contributed by atoms with van der Waals surface area (Å²) < 4.78 is 4.68. The molecular formula is C19H19NO3. The Labute approximate surface area is 135 Å². The molecule has 1 heterocycles. The van der Waals surface area contributed by atoms with Gasteiger partial charge in [0, 0.05) is 18.7 Å². The van der Waals surface area contributed by atoms with E-state index < -0.39 is 0 Å². The third-order valence-electron chi connectivity index (χ3n) is 4.19. The van der Waals surface area contributed by atoms with Crippen LogP contribution in [0.2, 0.25) is 0 Å². The summed E-state index contributed by atoms with van der Waals surface area (Å²) in [6.45, 7) is 0.763. The van der Waals surface area contributed by atoms with Gasteiger partial charge in [-0.2, -0.15) is 0 Å². The first-order valence-corrected chi connectivity index (χ1v) is 7.74. The molecule has 118 valence electrons. The number of carbonyl (C=O) groups excluding carboxylic acids is 2. The van der Waals surface area contributed by atoms with Gasteiger partial charge in [-0.15, -0.1) is 0 Å². The second kappa shape index (κ2) is 6.65. The van der Waals surface area contributed by atoms with Gasteiger partial charge >= 0.3 is 5.97 Å². The van der Waals surface area contributed by atoms with Gasteiger partial charge in [-0.25, -0.2) is 4.79 Å². The number of rotatable bonds is 4. The van der Waals surface area contributed by atoms with E-state index in [-0.39, 0.29) is 11.9 Å². The number of carbonyl (C=O) groups is 2. The number of hydrogen-bond acceptors (Lipinski definition) is 3. The van der Waals surface area contributed by atoms with Gasteiger partial charge in [0.05, 0.1) is 12.7 Å². The zero-order valence-corrected chi connectivity index (χ0v) is 13.1. The van der Waals surface area contributed by atoms with Crippen molar-refractivity contribution in [3.05, 3.63) is 65.2 Å². The number of amides is 1. The van der Waals surface area contributed by atoms with Crippen molar-refractivity contribution in [2.75, 3.05) is 18.6 Å². The molecule has 0 N–H and O–H groups in total. The molecule has 0 aromatic heterocycles. The summed E-state index contributed by atoms with van der Waals surface area (Å²) in [5.74, 6) is -0.201. The number of ether oxygens (including phenoxy) is 1. The van der Waals surface area contributed by atoms with Crippen molar-refractivity contribution in [3.63, 3.8) is 0 Å². The Hall–Kier alpha value is -2.62. The van der Waals surface area contributed by atoms with Crippen LogP contribution in [0.5, 0.6) is 0 Å². The van der Waals surface area contributed by atoms with Gasteiger partial charge in [-0.1, -0.05) is 30.3 Å². The molecule has 0 atom stereocenters. The third-order valence-corrected chi connectivity index (χ3v) is 4.19. The van der Waals surface area contributed by atoms with Crippen molar-refractivity contribution < 1.29 is 14.3 Å². The van der Waals surface area contributed by atoms with Crippen LogP contribution >= 0.6 is 0 Å². The normalized spacial score (nSPS) is 12.8. The summed E-state index contributed by atoms with van der Waals surface area (Å²) in [5.41, 5.74) is 3.84. The summed E-state index contributed by atoms with van der Waals surface area (Å²) in [7, 11) is 1.36. The number of para-hydroxylation sites is 1. The first-order chi connectivity index (χ1) is 11.2. The van der Waals surface area contributed by atoms with E-state index in [0.717, 1.165) is 24.2 Å². The van der Waals surface area contributed by atoms with Crippen LogP contribution in [0.1, 0.15) is 27.9 Å². The Morgan fingerprint density at radius 3 is 2.57 bits per heavy atom. The Morgan fingerprint density at radius 1 is 1.09 bits per heavy atom. The average Bonchev–Trinajstić information content (AvgIpc) is 3.03. The van der Waals surface area contributed by atoms with E-state index in [0.29, 0.717) is 18.4 Å². The predicted molar refractivity (Wildman–Crippen MR) is 88.6 cm³/mol. The Balaban J connectivity index is 1.61. The number of nitrogens with zero attached hydrogens (tertiary/aromatic N) is 1. The molecule has 1 amide bonds. The van der Waals surface area contributed by atoms with Gasteiger partial charge in [0.2, 0.25) is 5.91 Å². The van der Waals surface area contributed by atoms with Crippen LogP contribution in [0.4, 0.5) is 5.69 Å². The van der Waals surface area contributed by atoms with Crippen LogP contribution in [-0.2, 0) is 22.4 Å². The maximum atomic E-state index is 12.5. The summed E-state index contributed by atoms with van der Waals surface area (Å²) >= 11 is 0. The van der Waals surface area contributed by atoms with Crippen LogP contribution < -0.4 is 4.90 Å². The van der Waals surface area contributed by atoms with Crippen LogP contribution in [-0.4, -0.2) is 25.5 Å². The predicted octanol–water partition coefficient (Wildman–Crippen LogP) is 3.00. The van der Waals surface area contributed by atoms with E-state index in [1.165, 1.54) is 12.7 Å². The van der Waals surface area contributed by atoms with E-state index in [2.05, 4.69) is 10.8 Å². The molecule has 4 heteroatoms. The molecule has 0 saturated carbocycles. The minimum atomic E-state index is -0.346. The first-order valence-electron chi connectivity index (χ1n) is 7.74. The first kappa shape index (κ1) is 15.3. The number of anilines is 1. The summed E-state index contributed by atoms with van der Waals surface area (Å²) in [4.78, 5) is 25.7. The van der Waals surface area contributed by atoms with Gasteiger partial charge in [-0.3, -0.25) is 4.79 Å². The van der Waals surface area contributed by atoms with Gasteiger partial charge in [-0.05, 0) is 42.2 Å². The topological polar surface area (TPSA) is 46.6 Å². The molecular weight excluding hydrogens is 290 g/mol. The molecule has 0 spiro atoms. The van der Waals surface area contributed by atoms with Gasteiger partial charge in [0.25, 0.3) is 0 Å². The number of esters is 1.